The Bertz CT molecular complexity index is 893. The standard InChI is InChI=1S/C18H22ClN3O3S2/c19-16-7-2-1-6-14(16)12-15-13-20-18(26-15)21-17(23)8-5-11-27(24,25)22-9-3-4-10-22/h1-2,6-7,13H,3-5,8-12H2,(H,20,21,23). The average Bonchev–Trinajstić information content (AvgIpc) is 3.29. The summed E-state index contributed by atoms with van der Waals surface area (Å²) in [6.45, 7) is 1.20. The molecular weight excluding hydrogens is 406 g/mol. The molecule has 0 atom stereocenters. The molecule has 1 fully saturated rings. The predicted molar refractivity (Wildman–Crippen MR) is 109 cm³/mol. The minimum absolute atomic E-state index is 0.00997. The SMILES string of the molecule is O=C(CCCS(=O)(=O)N1CCCC1)Nc1ncc(Cc2ccccc2Cl)s1. The lowest BCUT2D eigenvalue weighted by molar-refractivity contribution is -0.116. The van der Waals surface area contributed by atoms with Gasteiger partial charge >= 0.3 is 0 Å². The summed E-state index contributed by atoms with van der Waals surface area (Å²) in [5.74, 6) is -0.207. The van der Waals surface area contributed by atoms with Crippen LogP contribution in [-0.4, -0.2) is 42.5 Å². The van der Waals surface area contributed by atoms with Gasteiger partial charge in [-0.15, -0.1) is 11.3 Å². The number of halogens is 1. The van der Waals surface area contributed by atoms with Crippen LogP contribution < -0.4 is 5.32 Å². The van der Waals surface area contributed by atoms with Gasteiger partial charge in [0.2, 0.25) is 15.9 Å². The van der Waals surface area contributed by atoms with Crippen molar-refractivity contribution in [3.05, 3.63) is 45.9 Å². The van der Waals surface area contributed by atoms with Crippen LogP contribution in [0.1, 0.15) is 36.1 Å². The van der Waals surface area contributed by atoms with Crippen molar-refractivity contribution < 1.29 is 13.2 Å². The van der Waals surface area contributed by atoms with Gasteiger partial charge in [-0.2, -0.15) is 0 Å². The predicted octanol–water partition coefficient (Wildman–Crippen LogP) is 3.53. The molecule has 0 bridgehead atoms. The van der Waals surface area contributed by atoms with E-state index in [2.05, 4.69) is 10.3 Å². The molecule has 0 saturated carbocycles. The molecule has 0 aliphatic carbocycles. The monoisotopic (exact) mass is 427 g/mol. The Kier molecular flexibility index (Phi) is 6.86. The molecule has 1 aromatic carbocycles. The Morgan fingerprint density at radius 3 is 2.74 bits per heavy atom. The number of benzene rings is 1. The number of thiazole rings is 1. The molecule has 1 saturated heterocycles. The third-order valence-electron chi connectivity index (χ3n) is 4.39. The lowest BCUT2D eigenvalue weighted by atomic mass is 10.1. The molecule has 9 heteroatoms. The van der Waals surface area contributed by atoms with Crippen LogP contribution >= 0.6 is 22.9 Å². The van der Waals surface area contributed by atoms with E-state index < -0.39 is 10.0 Å². The van der Waals surface area contributed by atoms with Crippen molar-refractivity contribution in [1.82, 2.24) is 9.29 Å². The number of carbonyl (C=O) groups excluding carboxylic acids is 1. The van der Waals surface area contributed by atoms with Crippen LogP contribution in [-0.2, 0) is 21.2 Å². The quantitative estimate of drug-likeness (QED) is 0.698. The number of hydrogen-bond donors (Lipinski definition) is 1. The van der Waals surface area contributed by atoms with Crippen LogP contribution in [0.5, 0.6) is 0 Å². The maximum absolute atomic E-state index is 12.2. The summed E-state index contributed by atoms with van der Waals surface area (Å²) >= 11 is 7.56. The molecule has 0 radical (unpaired) electrons. The van der Waals surface area contributed by atoms with E-state index in [4.69, 9.17) is 11.6 Å². The van der Waals surface area contributed by atoms with E-state index in [1.165, 1.54) is 15.6 Å². The molecule has 146 valence electrons. The highest BCUT2D eigenvalue weighted by Crippen LogP contribution is 2.24. The molecule has 2 heterocycles. The maximum Gasteiger partial charge on any atom is 0.226 e. The van der Waals surface area contributed by atoms with Crippen molar-refractivity contribution in [1.29, 1.82) is 0 Å². The number of nitrogens with one attached hydrogen (secondary N) is 1. The number of carbonyl (C=O) groups is 1. The Balaban J connectivity index is 1.46. The fourth-order valence-electron chi connectivity index (χ4n) is 2.97. The maximum atomic E-state index is 12.2. The van der Waals surface area contributed by atoms with E-state index in [1.54, 1.807) is 6.20 Å². The molecule has 1 aliphatic heterocycles. The minimum atomic E-state index is -3.24. The Morgan fingerprint density at radius 1 is 1.26 bits per heavy atom. The highest BCUT2D eigenvalue weighted by atomic mass is 35.5. The molecule has 2 aromatic rings. The number of aromatic nitrogens is 1. The topological polar surface area (TPSA) is 79.4 Å². The van der Waals surface area contributed by atoms with Crippen LogP contribution in [0.2, 0.25) is 5.02 Å². The zero-order valence-corrected chi connectivity index (χ0v) is 17.2. The second-order valence-electron chi connectivity index (χ2n) is 6.47. The summed E-state index contributed by atoms with van der Waals surface area (Å²) in [5.41, 5.74) is 1.01. The molecule has 3 rings (SSSR count). The zero-order chi connectivity index (χ0) is 19.3. The first-order chi connectivity index (χ1) is 12.9. The van der Waals surface area contributed by atoms with Gasteiger partial charge in [0.1, 0.15) is 0 Å². The number of hydrogen-bond acceptors (Lipinski definition) is 5. The van der Waals surface area contributed by atoms with Gasteiger partial charge in [0, 0.05) is 42.0 Å². The van der Waals surface area contributed by atoms with Crippen molar-refractivity contribution in [3.8, 4) is 0 Å². The summed E-state index contributed by atoms with van der Waals surface area (Å²) < 4.78 is 25.8. The summed E-state index contributed by atoms with van der Waals surface area (Å²) in [5, 5.41) is 3.97. The van der Waals surface area contributed by atoms with E-state index >= 15 is 0 Å². The van der Waals surface area contributed by atoms with Crippen LogP contribution in [0.25, 0.3) is 0 Å². The highest BCUT2D eigenvalue weighted by Gasteiger charge is 2.24. The lowest BCUT2D eigenvalue weighted by Crippen LogP contribution is -2.30. The van der Waals surface area contributed by atoms with E-state index in [9.17, 15) is 13.2 Å². The van der Waals surface area contributed by atoms with E-state index in [1.807, 2.05) is 24.3 Å². The third kappa shape index (κ3) is 5.75. The van der Waals surface area contributed by atoms with Gasteiger partial charge in [-0.3, -0.25) is 4.79 Å². The normalized spacial score (nSPS) is 15.1. The number of amides is 1. The van der Waals surface area contributed by atoms with Gasteiger partial charge in [0.05, 0.1) is 5.75 Å². The Hall–Kier alpha value is -1.48. The van der Waals surface area contributed by atoms with Gasteiger partial charge < -0.3 is 5.32 Å². The van der Waals surface area contributed by atoms with Crippen molar-refractivity contribution in [2.75, 3.05) is 24.2 Å². The first-order valence-electron chi connectivity index (χ1n) is 8.90. The van der Waals surface area contributed by atoms with E-state index in [-0.39, 0.29) is 18.1 Å². The van der Waals surface area contributed by atoms with Crippen LogP contribution in [0.3, 0.4) is 0 Å². The molecule has 1 amide bonds. The smallest absolute Gasteiger partial charge is 0.226 e. The summed E-state index contributed by atoms with van der Waals surface area (Å²) in [4.78, 5) is 17.3. The third-order valence-corrected chi connectivity index (χ3v) is 7.62. The molecule has 0 unspecified atom stereocenters. The van der Waals surface area contributed by atoms with Crippen LogP contribution in [0, 0.1) is 0 Å². The van der Waals surface area contributed by atoms with Gasteiger partial charge in [-0.25, -0.2) is 17.7 Å². The van der Waals surface area contributed by atoms with Crippen molar-refractivity contribution in [2.24, 2.45) is 0 Å². The van der Waals surface area contributed by atoms with E-state index in [0.29, 0.717) is 36.1 Å². The van der Waals surface area contributed by atoms with Gasteiger partial charge in [-0.1, -0.05) is 29.8 Å². The van der Waals surface area contributed by atoms with Crippen molar-refractivity contribution in [2.45, 2.75) is 32.1 Å². The molecule has 1 N–H and O–H groups in total. The summed E-state index contributed by atoms with van der Waals surface area (Å²) in [6, 6.07) is 7.62. The van der Waals surface area contributed by atoms with Gasteiger partial charge in [0.25, 0.3) is 0 Å². The second kappa shape index (κ2) is 9.14. The molecule has 1 aromatic heterocycles. The zero-order valence-electron chi connectivity index (χ0n) is 14.9. The molecular formula is C18H22ClN3O3S2. The molecule has 0 spiro atoms. The van der Waals surface area contributed by atoms with Crippen molar-refractivity contribution >= 4 is 44.0 Å². The second-order valence-corrected chi connectivity index (χ2v) is 10.1. The van der Waals surface area contributed by atoms with Gasteiger partial charge in [-0.05, 0) is 30.9 Å². The number of sulfonamides is 1. The Morgan fingerprint density at radius 2 is 2.00 bits per heavy atom. The fraction of sp³-hybridized carbons (Fsp3) is 0.444. The number of rotatable bonds is 8. The van der Waals surface area contributed by atoms with E-state index in [0.717, 1.165) is 23.3 Å². The van der Waals surface area contributed by atoms with Crippen LogP contribution in [0.4, 0.5) is 5.13 Å². The van der Waals surface area contributed by atoms with Crippen LogP contribution in [0.15, 0.2) is 30.5 Å². The number of anilines is 1. The first kappa shape index (κ1) is 20.3. The fourth-order valence-corrected chi connectivity index (χ4v) is 5.60. The molecule has 6 nitrogen and oxygen atoms in total. The summed E-state index contributed by atoms with van der Waals surface area (Å²) in [6.07, 6.45) is 4.68. The van der Waals surface area contributed by atoms with Crippen molar-refractivity contribution in [3.63, 3.8) is 0 Å². The van der Waals surface area contributed by atoms with Gasteiger partial charge in [0.15, 0.2) is 5.13 Å². The molecule has 1 aliphatic rings. The molecule has 27 heavy (non-hydrogen) atoms. The first-order valence-corrected chi connectivity index (χ1v) is 11.7. The highest BCUT2D eigenvalue weighted by molar-refractivity contribution is 7.89. The minimum Gasteiger partial charge on any atom is -0.302 e. The number of nitrogens with zero attached hydrogens (tertiary/aromatic N) is 2. The average molecular weight is 428 g/mol. The largest absolute Gasteiger partial charge is 0.302 e. The lowest BCUT2D eigenvalue weighted by Gasteiger charge is -2.14. The summed E-state index contributed by atoms with van der Waals surface area (Å²) in [7, 11) is -3.24. The Labute approximate surface area is 168 Å².